The van der Waals surface area contributed by atoms with E-state index in [1.807, 2.05) is 61.5 Å². The minimum Gasteiger partial charge on any atom is -0.322 e. The first-order chi connectivity index (χ1) is 14.0. The molecule has 0 aliphatic carbocycles. The Hall–Kier alpha value is -2.90. The standard InChI is InChI=1S/C22H16BrN3O2S/c1-14-2-11-20-24-12-19(22(28)26(20)13-14)21(27)25-16-5-9-18(10-6-16)29-17-7-3-15(23)4-8-17/h2-13H,1H3,(H,25,27). The first kappa shape index (κ1) is 19.4. The van der Waals surface area contributed by atoms with Crippen molar-refractivity contribution < 1.29 is 4.79 Å². The molecule has 0 fully saturated rings. The van der Waals surface area contributed by atoms with Crippen LogP contribution in [0.2, 0.25) is 0 Å². The smallest absolute Gasteiger partial charge is 0.270 e. The summed E-state index contributed by atoms with van der Waals surface area (Å²) in [5, 5.41) is 2.77. The lowest BCUT2D eigenvalue weighted by atomic mass is 10.2. The number of halogens is 1. The molecule has 0 unspecified atom stereocenters. The van der Waals surface area contributed by atoms with Crippen LogP contribution in [0.15, 0.2) is 92.1 Å². The van der Waals surface area contributed by atoms with Crippen molar-refractivity contribution in [3.05, 3.63) is 99.0 Å². The average molecular weight is 466 g/mol. The minimum absolute atomic E-state index is 0.00131. The van der Waals surface area contributed by atoms with E-state index in [2.05, 4.69) is 26.2 Å². The van der Waals surface area contributed by atoms with Crippen molar-refractivity contribution in [1.82, 2.24) is 9.38 Å². The summed E-state index contributed by atoms with van der Waals surface area (Å²) in [6.45, 7) is 1.88. The van der Waals surface area contributed by atoms with Gasteiger partial charge in [0.1, 0.15) is 11.2 Å². The molecule has 1 amide bonds. The molecule has 144 valence electrons. The number of fused-ring (bicyclic) bond motifs is 1. The number of rotatable bonds is 4. The molecule has 0 spiro atoms. The Morgan fingerprint density at radius 1 is 1.00 bits per heavy atom. The third-order valence-corrected chi connectivity index (χ3v) is 5.80. The molecule has 2 heterocycles. The molecule has 2 aromatic heterocycles. The van der Waals surface area contributed by atoms with Gasteiger partial charge in [-0.25, -0.2) is 4.98 Å². The van der Waals surface area contributed by atoms with E-state index in [9.17, 15) is 9.59 Å². The number of hydrogen-bond acceptors (Lipinski definition) is 4. The largest absolute Gasteiger partial charge is 0.322 e. The zero-order chi connectivity index (χ0) is 20.4. The maximum absolute atomic E-state index is 12.6. The molecule has 5 nitrogen and oxygen atoms in total. The van der Waals surface area contributed by atoms with E-state index < -0.39 is 11.5 Å². The van der Waals surface area contributed by atoms with Gasteiger partial charge in [0.05, 0.1) is 0 Å². The monoisotopic (exact) mass is 465 g/mol. The highest BCUT2D eigenvalue weighted by Gasteiger charge is 2.13. The van der Waals surface area contributed by atoms with Crippen LogP contribution >= 0.6 is 27.7 Å². The highest BCUT2D eigenvalue weighted by molar-refractivity contribution is 9.10. The van der Waals surface area contributed by atoms with E-state index in [1.54, 1.807) is 24.0 Å². The molecule has 7 heteroatoms. The van der Waals surface area contributed by atoms with Crippen LogP contribution in [0.1, 0.15) is 15.9 Å². The van der Waals surface area contributed by atoms with E-state index in [1.165, 1.54) is 10.6 Å². The van der Waals surface area contributed by atoms with Gasteiger partial charge in [0.2, 0.25) is 0 Å². The van der Waals surface area contributed by atoms with E-state index in [4.69, 9.17) is 0 Å². The van der Waals surface area contributed by atoms with Crippen molar-refractivity contribution in [2.75, 3.05) is 5.32 Å². The van der Waals surface area contributed by atoms with Crippen LogP contribution in [0, 0.1) is 6.92 Å². The molecule has 4 rings (SSSR count). The number of benzene rings is 2. The maximum atomic E-state index is 12.6. The third kappa shape index (κ3) is 4.41. The van der Waals surface area contributed by atoms with Gasteiger partial charge in [-0.1, -0.05) is 33.8 Å². The Balaban J connectivity index is 1.51. The third-order valence-electron chi connectivity index (χ3n) is 4.26. The molecule has 4 aromatic rings. The highest BCUT2D eigenvalue weighted by Crippen LogP contribution is 2.29. The lowest BCUT2D eigenvalue weighted by Gasteiger charge is -2.08. The number of carbonyl (C=O) groups is 1. The van der Waals surface area contributed by atoms with Crippen molar-refractivity contribution in [1.29, 1.82) is 0 Å². The van der Waals surface area contributed by atoms with Crippen LogP contribution < -0.4 is 10.9 Å². The predicted octanol–water partition coefficient (Wildman–Crippen LogP) is 5.17. The van der Waals surface area contributed by atoms with Gasteiger partial charge in [-0.15, -0.1) is 0 Å². The van der Waals surface area contributed by atoms with Crippen LogP contribution in [0.3, 0.4) is 0 Å². The summed E-state index contributed by atoms with van der Waals surface area (Å²) in [6.07, 6.45) is 3.00. The first-order valence-corrected chi connectivity index (χ1v) is 10.4. The Morgan fingerprint density at radius 2 is 1.66 bits per heavy atom. The first-order valence-electron chi connectivity index (χ1n) is 8.82. The molecule has 0 bridgehead atoms. The lowest BCUT2D eigenvalue weighted by molar-refractivity contribution is 0.102. The summed E-state index contributed by atoms with van der Waals surface area (Å²) in [5.41, 5.74) is 1.65. The topological polar surface area (TPSA) is 63.5 Å². The van der Waals surface area contributed by atoms with Crippen molar-refractivity contribution >= 4 is 44.9 Å². The number of nitrogens with zero attached hydrogens (tertiary/aromatic N) is 2. The summed E-state index contributed by atoms with van der Waals surface area (Å²) in [7, 11) is 0. The van der Waals surface area contributed by atoms with Gasteiger partial charge in [-0.05, 0) is 67.1 Å². The van der Waals surface area contributed by atoms with Gasteiger partial charge in [0.25, 0.3) is 11.5 Å². The van der Waals surface area contributed by atoms with Crippen molar-refractivity contribution in [3.63, 3.8) is 0 Å². The summed E-state index contributed by atoms with van der Waals surface area (Å²) in [6, 6.07) is 19.2. The zero-order valence-corrected chi connectivity index (χ0v) is 17.8. The Kier molecular flexibility index (Phi) is 5.51. The average Bonchev–Trinajstić information content (AvgIpc) is 2.72. The van der Waals surface area contributed by atoms with Crippen molar-refractivity contribution in [3.8, 4) is 0 Å². The number of nitrogens with one attached hydrogen (secondary N) is 1. The van der Waals surface area contributed by atoms with E-state index in [0.29, 0.717) is 11.3 Å². The number of carbonyl (C=O) groups excluding carboxylic acids is 1. The van der Waals surface area contributed by atoms with Crippen LogP contribution in [0.25, 0.3) is 5.65 Å². The second-order valence-corrected chi connectivity index (χ2v) is 8.51. The molecular weight excluding hydrogens is 450 g/mol. The molecule has 2 aromatic carbocycles. The van der Waals surface area contributed by atoms with Crippen LogP contribution in [-0.4, -0.2) is 15.3 Å². The van der Waals surface area contributed by atoms with Crippen LogP contribution in [0.4, 0.5) is 5.69 Å². The zero-order valence-electron chi connectivity index (χ0n) is 15.4. The fourth-order valence-electron chi connectivity index (χ4n) is 2.78. The molecule has 29 heavy (non-hydrogen) atoms. The second kappa shape index (κ2) is 8.23. The molecule has 0 atom stereocenters. The Labute approximate surface area is 179 Å². The Bertz CT molecular complexity index is 1250. The summed E-state index contributed by atoms with van der Waals surface area (Å²) in [4.78, 5) is 31.6. The second-order valence-electron chi connectivity index (χ2n) is 6.45. The number of hydrogen-bond donors (Lipinski definition) is 1. The predicted molar refractivity (Wildman–Crippen MR) is 119 cm³/mol. The summed E-state index contributed by atoms with van der Waals surface area (Å²) < 4.78 is 2.43. The van der Waals surface area contributed by atoms with Gasteiger partial charge >= 0.3 is 0 Å². The minimum atomic E-state index is -0.480. The highest BCUT2D eigenvalue weighted by atomic mass is 79.9. The van der Waals surface area contributed by atoms with E-state index >= 15 is 0 Å². The summed E-state index contributed by atoms with van der Waals surface area (Å²) >= 11 is 5.06. The van der Waals surface area contributed by atoms with Crippen molar-refractivity contribution in [2.24, 2.45) is 0 Å². The molecular formula is C22H16BrN3O2S. The van der Waals surface area contributed by atoms with E-state index in [-0.39, 0.29) is 5.56 Å². The molecule has 0 radical (unpaired) electrons. The van der Waals surface area contributed by atoms with E-state index in [0.717, 1.165) is 19.8 Å². The molecule has 1 N–H and O–H groups in total. The quantitative estimate of drug-likeness (QED) is 0.451. The number of amides is 1. The number of aryl methyl sites for hydroxylation is 1. The fourth-order valence-corrected chi connectivity index (χ4v) is 3.86. The Morgan fingerprint density at radius 3 is 2.34 bits per heavy atom. The molecule has 0 aliphatic heterocycles. The SMILES string of the molecule is Cc1ccc2ncc(C(=O)Nc3ccc(Sc4ccc(Br)cc4)cc3)c(=O)n2c1. The van der Waals surface area contributed by atoms with Gasteiger partial charge < -0.3 is 5.32 Å². The lowest BCUT2D eigenvalue weighted by Crippen LogP contribution is -2.26. The van der Waals surface area contributed by atoms with Crippen LogP contribution in [0.5, 0.6) is 0 Å². The van der Waals surface area contributed by atoms with Gasteiger partial charge in [-0.2, -0.15) is 0 Å². The summed E-state index contributed by atoms with van der Waals surface area (Å²) in [5.74, 6) is -0.480. The van der Waals surface area contributed by atoms with Gasteiger partial charge in [-0.3, -0.25) is 14.0 Å². The van der Waals surface area contributed by atoms with Gasteiger partial charge in [0.15, 0.2) is 0 Å². The molecule has 0 saturated carbocycles. The van der Waals surface area contributed by atoms with Crippen molar-refractivity contribution in [2.45, 2.75) is 16.7 Å². The fraction of sp³-hybridized carbons (Fsp3) is 0.0455. The number of anilines is 1. The normalized spacial score (nSPS) is 10.8. The van der Waals surface area contributed by atoms with Crippen LogP contribution in [-0.2, 0) is 0 Å². The number of aromatic nitrogens is 2. The maximum Gasteiger partial charge on any atom is 0.270 e. The number of pyridine rings is 1. The molecule has 0 aliphatic rings. The van der Waals surface area contributed by atoms with Gasteiger partial charge in [0, 0.05) is 32.3 Å². The molecule has 0 saturated heterocycles.